The number of nitro benzene ring substituents is 1. The maximum atomic E-state index is 12.8. The van der Waals surface area contributed by atoms with E-state index in [0.29, 0.717) is 12.6 Å². The number of hydrogen-bond acceptors (Lipinski definition) is 6. The number of carbonyl (C=O) groups excluding carboxylic acids is 1. The number of anilines is 1. The van der Waals surface area contributed by atoms with Crippen LogP contribution in [-0.2, 0) is 15.7 Å². The number of hydrogen-bond donors (Lipinski definition) is 2. The van der Waals surface area contributed by atoms with Crippen LogP contribution in [0.1, 0.15) is 39.7 Å². The van der Waals surface area contributed by atoms with E-state index in [1.807, 2.05) is 27.7 Å². The van der Waals surface area contributed by atoms with Gasteiger partial charge in [-0.3, -0.25) is 19.8 Å². The molecular weight excluding hydrogens is 417 g/mol. The van der Waals surface area contributed by atoms with Gasteiger partial charge in [0.25, 0.3) is 5.69 Å². The summed E-state index contributed by atoms with van der Waals surface area (Å²) in [5.74, 6) is -0.260. The van der Waals surface area contributed by atoms with Crippen LogP contribution in [0, 0.1) is 10.1 Å². The van der Waals surface area contributed by atoms with Crippen molar-refractivity contribution in [1.82, 2.24) is 10.2 Å². The van der Waals surface area contributed by atoms with E-state index in [-0.39, 0.29) is 42.3 Å². The normalized spacial score (nSPS) is 20.4. The van der Waals surface area contributed by atoms with Crippen molar-refractivity contribution in [2.45, 2.75) is 58.0 Å². The van der Waals surface area contributed by atoms with Crippen LogP contribution in [0.15, 0.2) is 18.2 Å². The lowest BCUT2D eigenvalue weighted by molar-refractivity contribution is -0.384. The molecule has 174 valence electrons. The number of morpholine rings is 1. The van der Waals surface area contributed by atoms with E-state index in [0.717, 1.165) is 25.2 Å². The van der Waals surface area contributed by atoms with Gasteiger partial charge < -0.3 is 15.4 Å². The van der Waals surface area contributed by atoms with Crippen molar-refractivity contribution in [3.05, 3.63) is 33.9 Å². The summed E-state index contributed by atoms with van der Waals surface area (Å²) in [6, 6.07) is 2.25. The lowest BCUT2D eigenvalue weighted by atomic mass is 10.00. The average Bonchev–Trinajstić information content (AvgIpc) is 2.65. The summed E-state index contributed by atoms with van der Waals surface area (Å²) in [7, 11) is 0. The molecule has 0 aromatic heterocycles. The maximum absolute atomic E-state index is 12.8. The summed E-state index contributed by atoms with van der Waals surface area (Å²) in [5, 5.41) is 16.7. The number of benzene rings is 1. The molecule has 2 atom stereocenters. The number of carbonyl (C=O) groups is 1. The van der Waals surface area contributed by atoms with Crippen molar-refractivity contribution in [2.24, 2.45) is 0 Å². The van der Waals surface area contributed by atoms with Crippen molar-refractivity contribution in [3.63, 3.8) is 0 Å². The van der Waals surface area contributed by atoms with Crippen molar-refractivity contribution in [1.29, 1.82) is 0 Å². The molecule has 1 fully saturated rings. The van der Waals surface area contributed by atoms with E-state index in [9.17, 15) is 28.1 Å². The first-order valence-corrected chi connectivity index (χ1v) is 10.1. The summed E-state index contributed by atoms with van der Waals surface area (Å²) in [5.41, 5.74) is -2.15. The number of halogens is 3. The zero-order chi connectivity index (χ0) is 23.4. The number of amides is 1. The molecule has 1 saturated heterocycles. The fourth-order valence-corrected chi connectivity index (χ4v) is 3.51. The monoisotopic (exact) mass is 446 g/mol. The van der Waals surface area contributed by atoms with Crippen molar-refractivity contribution in [3.8, 4) is 0 Å². The third kappa shape index (κ3) is 7.06. The molecule has 1 heterocycles. The van der Waals surface area contributed by atoms with E-state index in [4.69, 9.17) is 4.74 Å². The van der Waals surface area contributed by atoms with Gasteiger partial charge in [-0.1, -0.05) is 0 Å². The highest BCUT2D eigenvalue weighted by atomic mass is 19.4. The van der Waals surface area contributed by atoms with Gasteiger partial charge in [0.2, 0.25) is 5.91 Å². The van der Waals surface area contributed by atoms with Gasteiger partial charge in [0, 0.05) is 44.2 Å². The quantitative estimate of drug-likeness (QED) is 0.469. The van der Waals surface area contributed by atoms with Crippen molar-refractivity contribution < 1.29 is 27.6 Å². The minimum Gasteiger partial charge on any atom is -0.379 e. The molecule has 0 radical (unpaired) electrons. The predicted molar refractivity (Wildman–Crippen MR) is 110 cm³/mol. The third-order valence-corrected chi connectivity index (χ3v) is 5.18. The summed E-state index contributed by atoms with van der Waals surface area (Å²) >= 11 is 0. The largest absolute Gasteiger partial charge is 0.416 e. The summed E-state index contributed by atoms with van der Waals surface area (Å²) in [4.78, 5) is 24.7. The van der Waals surface area contributed by atoms with Gasteiger partial charge in [-0.25, -0.2) is 0 Å². The van der Waals surface area contributed by atoms with Gasteiger partial charge in [-0.2, -0.15) is 13.2 Å². The number of rotatable bonds is 8. The molecule has 2 rings (SSSR count). The Morgan fingerprint density at radius 3 is 2.42 bits per heavy atom. The van der Waals surface area contributed by atoms with Gasteiger partial charge in [-0.15, -0.1) is 0 Å². The smallest absolute Gasteiger partial charge is 0.379 e. The van der Waals surface area contributed by atoms with Crippen molar-refractivity contribution >= 4 is 17.3 Å². The summed E-state index contributed by atoms with van der Waals surface area (Å²) < 4.78 is 44.1. The molecular formula is C20H29F3N4O4. The molecule has 1 aliphatic heterocycles. The number of alkyl halides is 3. The van der Waals surface area contributed by atoms with E-state index in [1.165, 1.54) is 0 Å². The van der Waals surface area contributed by atoms with Crippen LogP contribution in [0.5, 0.6) is 0 Å². The molecule has 0 spiro atoms. The fourth-order valence-electron chi connectivity index (χ4n) is 3.51. The number of nitrogens with one attached hydrogen (secondary N) is 2. The molecule has 11 heteroatoms. The zero-order valence-corrected chi connectivity index (χ0v) is 18.1. The van der Waals surface area contributed by atoms with Gasteiger partial charge in [0.15, 0.2) is 0 Å². The highest BCUT2D eigenvalue weighted by molar-refractivity contribution is 5.76. The van der Waals surface area contributed by atoms with Gasteiger partial charge in [0.1, 0.15) is 5.69 Å². The third-order valence-electron chi connectivity index (χ3n) is 5.18. The first-order valence-electron chi connectivity index (χ1n) is 10.1. The van der Waals surface area contributed by atoms with Crippen molar-refractivity contribution in [2.75, 3.05) is 31.5 Å². The van der Waals surface area contributed by atoms with Gasteiger partial charge in [0.05, 0.1) is 22.7 Å². The van der Waals surface area contributed by atoms with Crippen LogP contribution in [0.2, 0.25) is 0 Å². The first kappa shape index (κ1) is 24.9. The van der Waals surface area contributed by atoms with Crippen LogP contribution in [0.4, 0.5) is 24.5 Å². The minimum atomic E-state index is -4.67. The summed E-state index contributed by atoms with van der Waals surface area (Å²) in [6.45, 7) is 10.0. The molecule has 1 aliphatic rings. The molecule has 1 amide bonds. The number of nitrogens with zero attached hydrogens (tertiary/aromatic N) is 2. The van der Waals surface area contributed by atoms with Crippen LogP contribution in [0.25, 0.3) is 0 Å². The highest BCUT2D eigenvalue weighted by Crippen LogP contribution is 2.34. The molecule has 2 N–H and O–H groups in total. The van der Waals surface area contributed by atoms with E-state index < -0.39 is 22.4 Å². The Kier molecular flexibility index (Phi) is 7.87. The van der Waals surface area contributed by atoms with E-state index >= 15 is 0 Å². The van der Waals surface area contributed by atoms with Crippen LogP contribution >= 0.6 is 0 Å². The second-order valence-corrected chi connectivity index (χ2v) is 8.42. The first-order chi connectivity index (χ1) is 14.3. The highest BCUT2D eigenvalue weighted by Gasteiger charge is 2.34. The maximum Gasteiger partial charge on any atom is 0.416 e. The molecule has 0 unspecified atom stereocenters. The fraction of sp³-hybridized carbons (Fsp3) is 0.650. The SMILES string of the molecule is C[C@@H]1CN(C(C)(C)CNC(=O)CCNc2ccc(C(F)(F)F)cc2[N+](=O)[O-])C[C@H](C)O1. The van der Waals surface area contributed by atoms with Gasteiger partial charge >= 0.3 is 6.18 Å². The Morgan fingerprint density at radius 1 is 1.26 bits per heavy atom. The predicted octanol–water partition coefficient (Wildman–Crippen LogP) is 3.42. The molecule has 1 aromatic carbocycles. The zero-order valence-electron chi connectivity index (χ0n) is 18.1. The van der Waals surface area contributed by atoms with E-state index in [2.05, 4.69) is 15.5 Å². The average molecular weight is 446 g/mol. The molecule has 8 nitrogen and oxygen atoms in total. The lowest BCUT2D eigenvalue weighted by Crippen LogP contribution is -2.58. The Balaban J connectivity index is 1.87. The Morgan fingerprint density at radius 2 is 1.87 bits per heavy atom. The van der Waals surface area contributed by atoms with Gasteiger partial charge in [-0.05, 0) is 39.8 Å². The molecule has 31 heavy (non-hydrogen) atoms. The van der Waals surface area contributed by atoms with Crippen LogP contribution < -0.4 is 10.6 Å². The topological polar surface area (TPSA) is 96.7 Å². The number of nitro groups is 1. The minimum absolute atomic E-state index is 0.0180. The number of ether oxygens (including phenoxy) is 1. The van der Waals surface area contributed by atoms with E-state index in [1.54, 1.807) is 0 Å². The molecule has 0 bridgehead atoms. The lowest BCUT2D eigenvalue weighted by Gasteiger charge is -2.45. The second-order valence-electron chi connectivity index (χ2n) is 8.42. The second kappa shape index (κ2) is 9.82. The summed E-state index contributed by atoms with van der Waals surface area (Å²) in [6.07, 6.45) is -4.46. The molecule has 1 aromatic rings. The standard InChI is InChI=1S/C20H29F3N4O4/c1-13-10-26(11-14(2)31-13)19(3,4)12-25-18(28)7-8-24-16-6-5-15(20(21,22)23)9-17(16)27(29)30/h5-6,9,13-14,24H,7-8,10-12H2,1-4H3,(H,25,28)/t13-,14+. The van der Waals surface area contributed by atoms with Crippen LogP contribution in [0.3, 0.4) is 0 Å². The Labute approximate surface area is 179 Å². The Bertz CT molecular complexity index is 791. The molecule has 0 aliphatic carbocycles. The van der Waals surface area contributed by atoms with Crippen LogP contribution in [-0.4, -0.2) is 59.7 Å². The Hall–Kier alpha value is -2.40. The molecule has 0 saturated carbocycles.